The Labute approximate surface area is 104 Å². The van der Waals surface area contributed by atoms with Gasteiger partial charge in [-0.15, -0.1) is 0 Å². The summed E-state index contributed by atoms with van der Waals surface area (Å²) in [6.07, 6.45) is 0. The van der Waals surface area contributed by atoms with Crippen LogP contribution in [0.1, 0.15) is 31.0 Å². The predicted octanol–water partition coefficient (Wildman–Crippen LogP) is 3.58. The second-order valence-corrected chi connectivity index (χ2v) is 5.06. The van der Waals surface area contributed by atoms with Gasteiger partial charge in [0.1, 0.15) is 0 Å². The van der Waals surface area contributed by atoms with Crippen LogP contribution in [0, 0.1) is 0 Å². The van der Waals surface area contributed by atoms with E-state index in [0.717, 1.165) is 26.6 Å². The number of nitrogens with zero attached hydrogens (tertiary/aromatic N) is 1. The standard InChI is InChI=1S/C13H15BrN2/c1-8(2)12-6-9(7-15)10-4-3-5-11(14)13(10)16-12/h3-6,8H,7,15H2,1-2H3. The van der Waals surface area contributed by atoms with E-state index in [2.05, 4.69) is 46.9 Å². The third-order valence-corrected chi connectivity index (χ3v) is 3.35. The predicted molar refractivity (Wildman–Crippen MR) is 71.4 cm³/mol. The minimum absolute atomic E-state index is 0.418. The fourth-order valence-electron chi connectivity index (χ4n) is 1.77. The van der Waals surface area contributed by atoms with Crippen molar-refractivity contribution in [2.24, 2.45) is 5.73 Å². The molecule has 0 bridgehead atoms. The molecule has 1 aromatic heterocycles. The monoisotopic (exact) mass is 278 g/mol. The molecule has 0 aliphatic rings. The number of benzene rings is 1. The van der Waals surface area contributed by atoms with Crippen molar-refractivity contribution in [3.8, 4) is 0 Å². The number of fused-ring (bicyclic) bond motifs is 1. The number of pyridine rings is 1. The quantitative estimate of drug-likeness (QED) is 0.912. The van der Waals surface area contributed by atoms with Gasteiger partial charge in [-0.2, -0.15) is 0 Å². The van der Waals surface area contributed by atoms with E-state index in [-0.39, 0.29) is 0 Å². The van der Waals surface area contributed by atoms with E-state index in [1.807, 2.05) is 12.1 Å². The number of rotatable bonds is 2. The van der Waals surface area contributed by atoms with E-state index in [9.17, 15) is 0 Å². The Morgan fingerprint density at radius 1 is 1.38 bits per heavy atom. The highest BCUT2D eigenvalue weighted by atomic mass is 79.9. The Hall–Kier alpha value is -0.930. The summed E-state index contributed by atoms with van der Waals surface area (Å²) in [5.74, 6) is 0.418. The maximum absolute atomic E-state index is 5.79. The van der Waals surface area contributed by atoms with Crippen LogP contribution in [0.4, 0.5) is 0 Å². The molecule has 0 aliphatic carbocycles. The zero-order valence-corrected chi connectivity index (χ0v) is 11.1. The highest BCUT2D eigenvalue weighted by Crippen LogP contribution is 2.27. The summed E-state index contributed by atoms with van der Waals surface area (Å²) in [5, 5.41) is 1.14. The maximum Gasteiger partial charge on any atom is 0.0850 e. The second kappa shape index (κ2) is 4.52. The summed E-state index contributed by atoms with van der Waals surface area (Å²) in [5.41, 5.74) is 9.06. The van der Waals surface area contributed by atoms with Gasteiger partial charge in [0.2, 0.25) is 0 Å². The Morgan fingerprint density at radius 2 is 2.12 bits per heavy atom. The van der Waals surface area contributed by atoms with Crippen LogP contribution in [-0.2, 0) is 6.54 Å². The van der Waals surface area contributed by atoms with Crippen molar-refractivity contribution in [2.75, 3.05) is 0 Å². The van der Waals surface area contributed by atoms with Crippen LogP contribution in [0.5, 0.6) is 0 Å². The van der Waals surface area contributed by atoms with Crippen LogP contribution in [-0.4, -0.2) is 4.98 Å². The van der Waals surface area contributed by atoms with Crippen molar-refractivity contribution in [1.29, 1.82) is 0 Å². The van der Waals surface area contributed by atoms with Crippen LogP contribution < -0.4 is 5.73 Å². The number of halogens is 1. The van der Waals surface area contributed by atoms with Gasteiger partial charge in [0.25, 0.3) is 0 Å². The highest BCUT2D eigenvalue weighted by molar-refractivity contribution is 9.10. The lowest BCUT2D eigenvalue weighted by atomic mass is 10.0. The molecule has 0 atom stereocenters. The summed E-state index contributed by atoms with van der Waals surface area (Å²) >= 11 is 3.54. The first-order chi connectivity index (χ1) is 7.63. The zero-order valence-electron chi connectivity index (χ0n) is 9.50. The van der Waals surface area contributed by atoms with Crippen LogP contribution in [0.15, 0.2) is 28.7 Å². The van der Waals surface area contributed by atoms with Gasteiger partial charge in [-0.1, -0.05) is 26.0 Å². The van der Waals surface area contributed by atoms with Crippen LogP contribution in [0.25, 0.3) is 10.9 Å². The first kappa shape index (κ1) is 11.6. The molecule has 0 spiro atoms. The van der Waals surface area contributed by atoms with Gasteiger partial charge in [-0.05, 0) is 39.5 Å². The Kier molecular flexibility index (Phi) is 3.26. The number of hydrogen-bond donors (Lipinski definition) is 1. The summed E-state index contributed by atoms with van der Waals surface area (Å²) in [7, 11) is 0. The molecule has 2 nitrogen and oxygen atoms in total. The molecule has 2 N–H and O–H groups in total. The molecule has 0 saturated carbocycles. The molecule has 0 radical (unpaired) electrons. The third kappa shape index (κ3) is 1.97. The first-order valence-electron chi connectivity index (χ1n) is 5.41. The number of para-hydroxylation sites is 1. The molecule has 84 valence electrons. The molecule has 2 rings (SSSR count). The fraction of sp³-hybridized carbons (Fsp3) is 0.308. The lowest BCUT2D eigenvalue weighted by molar-refractivity contribution is 0.825. The molecule has 0 amide bonds. The van der Waals surface area contributed by atoms with Crippen molar-refractivity contribution in [2.45, 2.75) is 26.3 Å². The van der Waals surface area contributed by atoms with E-state index in [4.69, 9.17) is 5.73 Å². The van der Waals surface area contributed by atoms with E-state index in [1.54, 1.807) is 0 Å². The molecule has 3 heteroatoms. The van der Waals surface area contributed by atoms with Gasteiger partial charge in [0.05, 0.1) is 5.52 Å². The van der Waals surface area contributed by atoms with Crippen molar-refractivity contribution in [1.82, 2.24) is 4.98 Å². The molecule has 0 saturated heterocycles. The Balaban J connectivity index is 2.79. The summed E-state index contributed by atoms with van der Waals surface area (Å²) in [6.45, 7) is 4.84. The van der Waals surface area contributed by atoms with Gasteiger partial charge >= 0.3 is 0 Å². The van der Waals surface area contributed by atoms with E-state index in [1.165, 1.54) is 0 Å². The molecule has 0 unspecified atom stereocenters. The lowest BCUT2D eigenvalue weighted by Crippen LogP contribution is -2.02. The average molecular weight is 279 g/mol. The number of hydrogen-bond acceptors (Lipinski definition) is 2. The number of nitrogens with two attached hydrogens (primary N) is 1. The molecule has 2 aromatic rings. The smallest absolute Gasteiger partial charge is 0.0850 e. The fourth-order valence-corrected chi connectivity index (χ4v) is 2.23. The molecule has 0 fully saturated rings. The van der Waals surface area contributed by atoms with Gasteiger partial charge in [-0.3, -0.25) is 4.98 Å². The zero-order chi connectivity index (χ0) is 11.7. The molecule has 1 aromatic carbocycles. The summed E-state index contributed by atoms with van der Waals surface area (Å²) in [4.78, 5) is 4.68. The molecule has 16 heavy (non-hydrogen) atoms. The molecule has 1 heterocycles. The van der Waals surface area contributed by atoms with Gasteiger partial charge in [-0.25, -0.2) is 0 Å². The topological polar surface area (TPSA) is 38.9 Å². The highest BCUT2D eigenvalue weighted by Gasteiger charge is 2.09. The lowest BCUT2D eigenvalue weighted by Gasteiger charge is -2.11. The van der Waals surface area contributed by atoms with Crippen molar-refractivity contribution in [3.63, 3.8) is 0 Å². The third-order valence-electron chi connectivity index (χ3n) is 2.71. The summed E-state index contributed by atoms with van der Waals surface area (Å²) in [6, 6.07) is 8.21. The summed E-state index contributed by atoms with van der Waals surface area (Å²) < 4.78 is 1.03. The van der Waals surface area contributed by atoms with E-state index in [0.29, 0.717) is 12.5 Å². The van der Waals surface area contributed by atoms with Crippen LogP contribution in [0.3, 0.4) is 0 Å². The van der Waals surface area contributed by atoms with E-state index < -0.39 is 0 Å². The molecular formula is C13H15BrN2. The normalized spacial score (nSPS) is 11.3. The molecular weight excluding hydrogens is 264 g/mol. The minimum atomic E-state index is 0.418. The van der Waals surface area contributed by atoms with Crippen LogP contribution in [0.2, 0.25) is 0 Å². The molecule has 0 aliphatic heterocycles. The van der Waals surface area contributed by atoms with Crippen molar-refractivity contribution < 1.29 is 0 Å². The van der Waals surface area contributed by atoms with Crippen molar-refractivity contribution >= 4 is 26.8 Å². The SMILES string of the molecule is CC(C)c1cc(CN)c2cccc(Br)c2n1. The van der Waals surface area contributed by atoms with Crippen LogP contribution >= 0.6 is 15.9 Å². The first-order valence-corrected chi connectivity index (χ1v) is 6.21. The second-order valence-electron chi connectivity index (χ2n) is 4.20. The Bertz CT molecular complexity index is 521. The number of aromatic nitrogens is 1. The van der Waals surface area contributed by atoms with Gasteiger partial charge in [0.15, 0.2) is 0 Å². The van der Waals surface area contributed by atoms with Gasteiger partial charge in [0, 0.05) is 22.1 Å². The van der Waals surface area contributed by atoms with Gasteiger partial charge < -0.3 is 5.73 Å². The van der Waals surface area contributed by atoms with E-state index >= 15 is 0 Å². The minimum Gasteiger partial charge on any atom is -0.326 e. The maximum atomic E-state index is 5.79. The Morgan fingerprint density at radius 3 is 2.75 bits per heavy atom. The average Bonchev–Trinajstić information content (AvgIpc) is 2.28. The largest absolute Gasteiger partial charge is 0.326 e. The van der Waals surface area contributed by atoms with Crippen molar-refractivity contribution in [3.05, 3.63) is 40.0 Å².